The zero-order valence-corrected chi connectivity index (χ0v) is 18.4. The van der Waals surface area contributed by atoms with E-state index in [4.69, 9.17) is 6.42 Å². The Morgan fingerprint density at radius 2 is 1.74 bits per heavy atom. The number of Topliss-reactive ketones (excluding diaryl/α,β-unsaturated/α-hetero) is 2. The highest BCUT2D eigenvalue weighted by Crippen LogP contribution is 2.31. The summed E-state index contributed by atoms with van der Waals surface area (Å²) in [7, 11) is 1.59. The van der Waals surface area contributed by atoms with Crippen LogP contribution in [0.3, 0.4) is 0 Å². The van der Waals surface area contributed by atoms with E-state index in [2.05, 4.69) is 11.2 Å². The number of hydrogen-bond acceptors (Lipinski definition) is 3. The summed E-state index contributed by atoms with van der Waals surface area (Å²) < 4.78 is 28.1. The minimum atomic E-state index is -1.09. The number of benzene rings is 1. The van der Waals surface area contributed by atoms with Gasteiger partial charge in [-0.2, -0.15) is 0 Å². The van der Waals surface area contributed by atoms with E-state index in [9.17, 15) is 23.2 Å². The van der Waals surface area contributed by atoms with Crippen molar-refractivity contribution in [3.05, 3.63) is 52.3 Å². The first-order valence-electron chi connectivity index (χ1n) is 9.99. The van der Waals surface area contributed by atoms with Crippen molar-refractivity contribution in [1.82, 2.24) is 4.57 Å². The topological polar surface area (TPSA) is 68.2 Å². The Kier molecular flexibility index (Phi) is 7.17. The molecule has 0 aliphatic rings. The third kappa shape index (κ3) is 4.58. The molecule has 5 nitrogen and oxygen atoms in total. The third-order valence-corrected chi connectivity index (χ3v) is 5.96. The van der Waals surface area contributed by atoms with E-state index >= 15 is 0 Å². The second-order valence-corrected chi connectivity index (χ2v) is 7.64. The van der Waals surface area contributed by atoms with Crippen LogP contribution in [0, 0.1) is 43.2 Å². The standard InChI is InChI=1S/C24H26F2N2O3/c1-7-24(8-2,9-3)13-19(29)22(30)20-14(4)21(28(6)15(20)5)23(31)27-16-10-11-17(25)18(26)12-16/h1,10-12H,8-9,13H2,2-6H3,(H,27,31). The molecule has 0 spiro atoms. The maximum Gasteiger partial charge on any atom is 0.272 e. The lowest BCUT2D eigenvalue weighted by Crippen LogP contribution is -2.26. The van der Waals surface area contributed by atoms with Gasteiger partial charge in [0.2, 0.25) is 11.6 Å². The zero-order chi connectivity index (χ0) is 23.5. The lowest BCUT2D eigenvalue weighted by atomic mass is 9.77. The van der Waals surface area contributed by atoms with Crippen molar-refractivity contribution in [1.29, 1.82) is 0 Å². The largest absolute Gasteiger partial charge is 0.343 e. The van der Waals surface area contributed by atoms with Crippen LogP contribution in [-0.4, -0.2) is 22.0 Å². The lowest BCUT2D eigenvalue weighted by molar-refractivity contribution is -0.116. The fraction of sp³-hybridized carbons (Fsp3) is 0.375. The number of carbonyl (C=O) groups excluding carboxylic acids is 3. The van der Waals surface area contributed by atoms with Crippen LogP contribution in [0.4, 0.5) is 14.5 Å². The van der Waals surface area contributed by atoms with E-state index in [0.29, 0.717) is 24.1 Å². The third-order valence-electron chi connectivity index (χ3n) is 5.96. The predicted octanol–water partition coefficient (Wildman–Crippen LogP) is 4.75. The van der Waals surface area contributed by atoms with Gasteiger partial charge in [-0.15, -0.1) is 6.42 Å². The van der Waals surface area contributed by atoms with Gasteiger partial charge in [-0.1, -0.05) is 19.8 Å². The molecule has 0 fully saturated rings. The molecular weight excluding hydrogens is 402 g/mol. The van der Waals surface area contributed by atoms with Crippen LogP contribution in [-0.2, 0) is 11.8 Å². The fourth-order valence-corrected chi connectivity index (χ4v) is 3.68. The Morgan fingerprint density at radius 3 is 2.26 bits per heavy atom. The Hall–Kier alpha value is -3.27. The van der Waals surface area contributed by atoms with Crippen molar-refractivity contribution in [2.24, 2.45) is 12.5 Å². The molecule has 164 valence electrons. The van der Waals surface area contributed by atoms with Gasteiger partial charge in [0.15, 0.2) is 11.6 Å². The Morgan fingerprint density at radius 1 is 1.13 bits per heavy atom. The molecular formula is C24H26F2N2O3. The number of nitrogens with one attached hydrogen (secondary N) is 1. The number of anilines is 1. The lowest BCUT2D eigenvalue weighted by Gasteiger charge is -2.24. The number of amides is 1. The average molecular weight is 428 g/mol. The van der Waals surface area contributed by atoms with Gasteiger partial charge in [-0.3, -0.25) is 14.4 Å². The molecule has 0 saturated heterocycles. The Balaban J connectivity index is 2.37. The van der Waals surface area contributed by atoms with Crippen molar-refractivity contribution in [2.75, 3.05) is 5.32 Å². The second-order valence-electron chi connectivity index (χ2n) is 7.64. The van der Waals surface area contributed by atoms with Crippen LogP contribution in [0.25, 0.3) is 0 Å². The highest BCUT2D eigenvalue weighted by Gasteiger charge is 2.33. The number of hydrogen-bond donors (Lipinski definition) is 1. The molecule has 0 atom stereocenters. The van der Waals surface area contributed by atoms with E-state index in [1.54, 1.807) is 20.9 Å². The second kappa shape index (κ2) is 9.25. The first-order valence-corrected chi connectivity index (χ1v) is 9.99. The highest BCUT2D eigenvalue weighted by molar-refractivity contribution is 6.44. The van der Waals surface area contributed by atoms with Crippen LogP contribution >= 0.6 is 0 Å². The van der Waals surface area contributed by atoms with E-state index in [-0.39, 0.29) is 23.4 Å². The van der Waals surface area contributed by atoms with Gasteiger partial charge in [0, 0.05) is 36.3 Å². The molecule has 0 radical (unpaired) electrons. The molecule has 1 aromatic carbocycles. The molecule has 0 aliphatic carbocycles. The van der Waals surface area contributed by atoms with Gasteiger partial charge in [0.05, 0.1) is 5.56 Å². The number of nitrogens with zero attached hydrogens (tertiary/aromatic N) is 1. The van der Waals surface area contributed by atoms with Crippen molar-refractivity contribution in [3.8, 4) is 12.3 Å². The molecule has 1 N–H and O–H groups in total. The molecule has 2 rings (SSSR count). The van der Waals surface area contributed by atoms with Crippen LogP contribution in [0.2, 0.25) is 0 Å². The number of ketones is 2. The van der Waals surface area contributed by atoms with Gasteiger partial charge in [0.25, 0.3) is 5.91 Å². The molecule has 0 aliphatic heterocycles. The van der Waals surface area contributed by atoms with Crippen molar-refractivity contribution >= 4 is 23.2 Å². The number of rotatable bonds is 8. The maximum absolute atomic E-state index is 13.4. The van der Waals surface area contributed by atoms with E-state index in [0.717, 1.165) is 12.1 Å². The molecule has 0 saturated carbocycles. The van der Waals surface area contributed by atoms with Crippen LogP contribution in [0.5, 0.6) is 0 Å². The molecule has 2 aromatic rings. The normalized spacial score (nSPS) is 11.2. The molecule has 1 amide bonds. The van der Waals surface area contributed by atoms with Crippen molar-refractivity contribution in [2.45, 2.75) is 47.0 Å². The maximum atomic E-state index is 13.4. The van der Waals surface area contributed by atoms with Crippen molar-refractivity contribution in [3.63, 3.8) is 0 Å². The first-order chi connectivity index (χ1) is 14.5. The molecule has 7 heteroatoms. The summed E-state index contributed by atoms with van der Waals surface area (Å²) in [6.45, 7) is 6.96. The Labute approximate surface area is 180 Å². The quantitative estimate of drug-likeness (QED) is 0.375. The smallest absolute Gasteiger partial charge is 0.272 e. The summed E-state index contributed by atoms with van der Waals surface area (Å²) in [6, 6.07) is 3.00. The monoisotopic (exact) mass is 428 g/mol. The van der Waals surface area contributed by atoms with E-state index in [1.165, 1.54) is 10.6 Å². The van der Waals surface area contributed by atoms with Crippen LogP contribution in [0.1, 0.15) is 65.2 Å². The minimum absolute atomic E-state index is 0.0656. The molecule has 0 unspecified atom stereocenters. The Bertz CT molecular complexity index is 1090. The van der Waals surface area contributed by atoms with Crippen molar-refractivity contribution < 1.29 is 23.2 Å². The van der Waals surface area contributed by atoms with E-state index < -0.39 is 34.5 Å². The van der Waals surface area contributed by atoms with Crippen LogP contribution < -0.4 is 5.32 Å². The fourth-order valence-electron chi connectivity index (χ4n) is 3.68. The summed E-state index contributed by atoms with van der Waals surface area (Å²) in [5.41, 5.74) is 0.462. The zero-order valence-electron chi connectivity index (χ0n) is 18.4. The molecule has 0 bridgehead atoms. The molecule has 1 heterocycles. The van der Waals surface area contributed by atoms with Crippen LogP contribution in [0.15, 0.2) is 18.2 Å². The molecule has 31 heavy (non-hydrogen) atoms. The van der Waals surface area contributed by atoms with Gasteiger partial charge in [-0.05, 0) is 44.4 Å². The predicted molar refractivity (Wildman–Crippen MR) is 115 cm³/mol. The first kappa shape index (κ1) is 24.0. The summed E-state index contributed by atoms with van der Waals surface area (Å²) in [5, 5.41) is 2.49. The summed E-state index contributed by atoms with van der Waals surface area (Å²) >= 11 is 0. The number of halogens is 2. The molecule has 1 aromatic heterocycles. The van der Waals surface area contributed by atoms with E-state index in [1.807, 2.05) is 13.8 Å². The highest BCUT2D eigenvalue weighted by atomic mass is 19.2. The summed E-state index contributed by atoms with van der Waals surface area (Å²) in [4.78, 5) is 38.6. The summed E-state index contributed by atoms with van der Waals surface area (Å²) in [5.74, 6) is -1.38. The van der Waals surface area contributed by atoms with Gasteiger partial charge in [0.1, 0.15) is 5.69 Å². The minimum Gasteiger partial charge on any atom is -0.343 e. The number of carbonyl (C=O) groups is 3. The summed E-state index contributed by atoms with van der Waals surface area (Å²) in [6.07, 6.45) is 6.67. The average Bonchev–Trinajstić information content (AvgIpc) is 2.96. The van der Waals surface area contributed by atoms with Gasteiger partial charge < -0.3 is 9.88 Å². The number of aromatic nitrogens is 1. The SMILES string of the molecule is C#CC(CC)(CC)CC(=O)C(=O)c1c(C)c(C(=O)Nc2ccc(F)c(F)c2)n(C)c1C. The van der Waals surface area contributed by atoms with Gasteiger partial charge in [-0.25, -0.2) is 8.78 Å². The van der Waals surface area contributed by atoms with Gasteiger partial charge >= 0.3 is 0 Å². The number of terminal acetylenes is 1.